The molecular weight excluding hydrogens is 514 g/mol. The quantitative estimate of drug-likeness (QED) is 0.326. The van der Waals surface area contributed by atoms with Crippen LogP contribution in [0.25, 0.3) is 11.1 Å². The topological polar surface area (TPSA) is 156 Å². The van der Waals surface area contributed by atoms with Crippen LogP contribution < -0.4 is 10.1 Å². The SMILES string of the molecule is COc1ccc(-c2ccc(S(=O)(=O)N3CC[C@@H](NC(=O)c4ccc([N+](=O)[O-])cc4)C[C@@H]3C(=O)O)cc2)cc1. The molecule has 198 valence electrons. The number of sulfonamides is 1. The van der Waals surface area contributed by atoms with E-state index in [0.717, 1.165) is 15.4 Å². The van der Waals surface area contributed by atoms with E-state index in [4.69, 9.17) is 4.74 Å². The van der Waals surface area contributed by atoms with Crippen LogP contribution in [0.3, 0.4) is 0 Å². The van der Waals surface area contributed by atoms with Gasteiger partial charge in [-0.05, 0) is 60.4 Å². The van der Waals surface area contributed by atoms with Crippen molar-refractivity contribution in [3.63, 3.8) is 0 Å². The van der Waals surface area contributed by atoms with Gasteiger partial charge in [0.05, 0.1) is 16.9 Å². The lowest BCUT2D eigenvalue weighted by molar-refractivity contribution is -0.384. The van der Waals surface area contributed by atoms with E-state index in [2.05, 4.69) is 5.32 Å². The number of hydrogen-bond donors (Lipinski definition) is 2. The molecule has 2 N–H and O–H groups in total. The van der Waals surface area contributed by atoms with Gasteiger partial charge in [-0.1, -0.05) is 24.3 Å². The zero-order valence-electron chi connectivity index (χ0n) is 20.3. The van der Waals surface area contributed by atoms with Gasteiger partial charge in [-0.3, -0.25) is 19.7 Å². The first-order valence-corrected chi connectivity index (χ1v) is 13.1. The number of amides is 1. The fourth-order valence-corrected chi connectivity index (χ4v) is 5.94. The maximum absolute atomic E-state index is 13.4. The first-order valence-electron chi connectivity index (χ1n) is 11.6. The molecule has 1 saturated heterocycles. The number of nitrogens with zero attached hydrogens (tertiary/aromatic N) is 2. The number of carbonyl (C=O) groups excluding carboxylic acids is 1. The number of nitro benzene ring substituents is 1. The Labute approximate surface area is 218 Å². The summed E-state index contributed by atoms with van der Waals surface area (Å²) in [6.07, 6.45) is 0.0723. The number of nitrogens with one attached hydrogen (secondary N) is 1. The Hall–Kier alpha value is -4.29. The lowest BCUT2D eigenvalue weighted by atomic mass is 9.99. The standard InChI is InChI=1S/C26H25N3O8S/c1-37-22-10-4-17(5-11-22)18-6-12-23(13-7-18)38(35,36)28-15-14-20(16-24(28)26(31)32)27-25(30)19-2-8-21(9-3-19)29(33)34/h2-13,20,24H,14-16H2,1H3,(H,27,30)(H,31,32)/t20-,24-/m1/s1. The molecule has 2 atom stereocenters. The van der Waals surface area contributed by atoms with Gasteiger partial charge >= 0.3 is 5.97 Å². The number of carboxylic acids is 1. The van der Waals surface area contributed by atoms with Crippen LogP contribution >= 0.6 is 0 Å². The van der Waals surface area contributed by atoms with Gasteiger partial charge in [0.1, 0.15) is 11.8 Å². The minimum absolute atomic E-state index is 0.0330. The van der Waals surface area contributed by atoms with E-state index in [1.54, 1.807) is 31.4 Å². The van der Waals surface area contributed by atoms with Crippen LogP contribution in [-0.2, 0) is 14.8 Å². The predicted molar refractivity (Wildman–Crippen MR) is 137 cm³/mol. The number of aliphatic carboxylic acids is 1. The fraction of sp³-hybridized carbons (Fsp3) is 0.231. The third kappa shape index (κ3) is 5.66. The van der Waals surface area contributed by atoms with Crippen molar-refractivity contribution in [2.75, 3.05) is 13.7 Å². The molecule has 38 heavy (non-hydrogen) atoms. The molecule has 3 aromatic rings. The number of methoxy groups -OCH3 is 1. The number of piperidine rings is 1. The van der Waals surface area contributed by atoms with Gasteiger partial charge < -0.3 is 15.2 Å². The zero-order chi connectivity index (χ0) is 27.4. The van der Waals surface area contributed by atoms with Crippen LogP contribution in [0.4, 0.5) is 5.69 Å². The number of nitro groups is 1. The van der Waals surface area contributed by atoms with Crippen molar-refractivity contribution in [1.29, 1.82) is 0 Å². The van der Waals surface area contributed by atoms with E-state index in [1.165, 1.54) is 36.4 Å². The highest BCUT2D eigenvalue weighted by Crippen LogP contribution is 2.29. The van der Waals surface area contributed by atoms with E-state index < -0.39 is 38.9 Å². The Kier molecular flexibility index (Phi) is 7.74. The number of non-ortho nitro benzene ring substituents is 1. The molecule has 3 aromatic carbocycles. The summed E-state index contributed by atoms with van der Waals surface area (Å²) < 4.78 is 32.8. The first-order chi connectivity index (χ1) is 18.1. The Morgan fingerprint density at radius 1 is 1.00 bits per heavy atom. The molecule has 0 bridgehead atoms. The number of benzene rings is 3. The summed E-state index contributed by atoms with van der Waals surface area (Å²) in [6.45, 7) is -0.106. The summed E-state index contributed by atoms with van der Waals surface area (Å²) >= 11 is 0. The molecule has 1 fully saturated rings. The monoisotopic (exact) mass is 539 g/mol. The number of rotatable bonds is 8. The normalized spacial score (nSPS) is 17.9. The van der Waals surface area contributed by atoms with Crippen LogP contribution in [0.1, 0.15) is 23.2 Å². The van der Waals surface area contributed by atoms with Gasteiger partial charge in [0.25, 0.3) is 11.6 Å². The summed E-state index contributed by atoms with van der Waals surface area (Å²) in [6, 6.07) is 16.5. The molecule has 4 rings (SSSR count). The smallest absolute Gasteiger partial charge is 0.322 e. The predicted octanol–water partition coefficient (Wildman–Crippen LogP) is 3.31. The number of hydrogen-bond acceptors (Lipinski definition) is 7. The summed E-state index contributed by atoms with van der Waals surface area (Å²) in [5.41, 5.74) is 1.66. The van der Waals surface area contributed by atoms with Crippen LogP contribution in [0.5, 0.6) is 5.75 Å². The van der Waals surface area contributed by atoms with Crippen molar-refractivity contribution in [1.82, 2.24) is 9.62 Å². The van der Waals surface area contributed by atoms with Crippen molar-refractivity contribution in [2.45, 2.75) is 29.8 Å². The average Bonchev–Trinajstić information content (AvgIpc) is 2.93. The van der Waals surface area contributed by atoms with E-state index >= 15 is 0 Å². The van der Waals surface area contributed by atoms with Gasteiger partial charge in [0.15, 0.2) is 0 Å². The minimum Gasteiger partial charge on any atom is -0.497 e. The molecule has 11 nitrogen and oxygen atoms in total. The summed E-state index contributed by atoms with van der Waals surface area (Å²) in [5.74, 6) is -1.16. The van der Waals surface area contributed by atoms with Crippen molar-refractivity contribution in [3.8, 4) is 16.9 Å². The van der Waals surface area contributed by atoms with Gasteiger partial charge in [0.2, 0.25) is 10.0 Å². The lowest BCUT2D eigenvalue weighted by Gasteiger charge is -2.36. The van der Waals surface area contributed by atoms with Crippen LogP contribution in [0, 0.1) is 10.1 Å². The first kappa shape index (κ1) is 26.8. The Morgan fingerprint density at radius 3 is 2.11 bits per heavy atom. The van der Waals surface area contributed by atoms with Gasteiger partial charge in [-0.25, -0.2) is 8.42 Å². The average molecular weight is 540 g/mol. The maximum Gasteiger partial charge on any atom is 0.322 e. The van der Waals surface area contributed by atoms with Gasteiger partial charge in [-0.2, -0.15) is 4.31 Å². The fourth-order valence-electron chi connectivity index (χ4n) is 4.33. The number of carboxylic acid groups (broad SMARTS) is 1. The van der Waals surface area contributed by atoms with Crippen LogP contribution in [0.15, 0.2) is 77.7 Å². The highest BCUT2D eigenvalue weighted by molar-refractivity contribution is 7.89. The van der Waals surface area contributed by atoms with Crippen molar-refractivity contribution in [3.05, 3.63) is 88.5 Å². The highest BCUT2D eigenvalue weighted by atomic mass is 32.2. The van der Waals surface area contributed by atoms with E-state index in [-0.39, 0.29) is 35.5 Å². The maximum atomic E-state index is 13.4. The van der Waals surface area contributed by atoms with E-state index in [0.29, 0.717) is 5.75 Å². The lowest BCUT2D eigenvalue weighted by Crippen LogP contribution is -2.54. The Morgan fingerprint density at radius 2 is 1.58 bits per heavy atom. The third-order valence-corrected chi connectivity index (χ3v) is 8.32. The third-order valence-electron chi connectivity index (χ3n) is 6.40. The Bertz CT molecular complexity index is 1440. The van der Waals surface area contributed by atoms with Crippen molar-refractivity contribution < 1.29 is 32.8 Å². The molecule has 0 saturated carbocycles. The van der Waals surface area contributed by atoms with E-state index in [9.17, 15) is 33.2 Å². The number of carbonyl (C=O) groups is 2. The largest absolute Gasteiger partial charge is 0.497 e. The van der Waals surface area contributed by atoms with E-state index in [1.807, 2.05) is 12.1 Å². The molecule has 12 heteroatoms. The molecule has 0 aromatic heterocycles. The highest BCUT2D eigenvalue weighted by Gasteiger charge is 2.41. The zero-order valence-corrected chi connectivity index (χ0v) is 21.1. The Balaban J connectivity index is 1.47. The van der Waals surface area contributed by atoms with Crippen molar-refractivity contribution >= 4 is 27.6 Å². The summed E-state index contributed by atoms with van der Waals surface area (Å²) in [4.78, 5) is 34.8. The molecular formula is C26H25N3O8S. The molecule has 0 unspecified atom stereocenters. The molecule has 1 heterocycles. The second kappa shape index (κ2) is 11.0. The number of ether oxygens (including phenoxy) is 1. The molecule has 0 aliphatic carbocycles. The van der Waals surface area contributed by atoms with Gasteiger partial charge in [-0.15, -0.1) is 0 Å². The molecule has 0 radical (unpaired) electrons. The second-order valence-electron chi connectivity index (χ2n) is 8.72. The molecule has 0 spiro atoms. The molecule has 1 amide bonds. The summed E-state index contributed by atoms with van der Waals surface area (Å²) in [7, 11) is -2.56. The summed E-state index contributed by atoms with van der Waals surface area (Å²) in [5, 5.41) is 23.3. The minimum atomic E-state index is -4.13. The molecule has 1 aliphatic rings. The van der Waals surface area contributed by atoms with Crippen LogP contribution in [0.2, 0.25) is 0 Å². The molecule has 1 aliphatic heterocycles. The van der Waals surface area contributed by atoms with Crippen LogP contribution in [-0.4, -0.2) is 60.4 Å². The second-order valence-corrected chi connectivity index (χ2v) is 10.6. The van der Waals surface area contributed by atoms with Gasteiger partial charge in [0, 0.05) is 30.3 Å². The van der Waals surface area contributed by atoms with Crippen molar-refractivity contribution in [2.24, 2.45) is 0 Å².